The average molecular weight is 357 g/mol. The van der Waals surface area contributed by atoms with Gasteiger partial charge in [-0.2, -0.15) is 0 Å². The molecule has 0 radical (unpaired) electrons. The monoisotopic (exact) mass is 357 g/mol. The number of nitrogens with one attached hydrogen (secondary N) is 2. The predicted octanol–water partition coefficient (Wildman–Crippen LogP) is 2.84. The number of rotatable bonds is 6. The largest absolute Gasteiger partial charge is 0.495 e. The Morgan fingerprint density at radius 3 is 2.92 bits per heavy atom. The number of aliphatic hydroxyl groups excluding tert-OH is 1. The summed E-state index contributed by atoms with van der Waals surface area (Å²) in [6.45, 7) is 0.382. The summed E-state index contributed by atoms with van der Waals surface area (Å²) in [6.07, 6.45) is 0.898. The van der Waals surface area contributed by atoms with E-state index in [1.54, 1.807) is 25.4 Å². The first-order valence-corrected chi connectivity index (χ1v) is 8.65. The van der Waals surface area contributed by atoms with Crippen molar-refractivity contribution in [1.29, 1.82) is 0 Å². The van der Waals surface area contributed by atoms with Gasteiger partial charge in [0.15, 0.2) is 0 Å². The molecular weight excluding hydrogens is 338 g/mol. The second-order valence-electron chi connectivity index (χ2n) is 5.42. The Kier molecular flexibility index (Phi) is 5.47. The van der Waals surface area contributed by atoms with Crippen LogP contribution in [-0.4, -0.2) is 29.8 Å². The molecule has 6 nitrogen and oxygen atoms in total. The SMILES string of the molecule is COc1cccnc1CNC(=O)NCC(O)c1cc2ccccc2s1. The van der Waals surface area contributed by atoms with Crippen LogP contribution in [0.15, 0.2) is 48.7 Å². The Bertz CT molecular complexity index is 832. The number of fused-ring (bicyclic) bond motifs is 1. The number of methoxy groups -OCH3 is 1. The van der Waals surface area contributed by atoms with Crippen molar-refractivity contribution in [3.8, 4) is 5.75 Å². The second-order valence-corrected chi connectivity index (χ2v) is 6.53. The molecule has 2 heterocycles. The molecule has 0 saturated heterocycles. The number of nitrogens with zero attached hydrogens (tertiary/aromatic N) is 1. The van der Waals surface area contributed by atoms with Gasteiger partial charge in [0.05, 0.1) is 20.2 Å². The topological polar surface area (TPSA) is 83.5 Å². The number of carbonyl (C=O) groups excluding carboxylic acids is 1. The van der Waals surface area contributed by atoms with E-state index in [9.17, 15) is 9.90 Å². The third-order valence-electron chi connectivity index (χ3n) is 3.71. The minimum Gasteiger partial charge on any atom is -0.495 e. The van der Waals surface area contributed by atoms with E-state index >= 15 is 0 Å². The standard InChI is InChI=1S/C18H19N3O3S/c1-24-15-6-4-8-19-13(15)10-20-18(23)21-11-14(22)17-9-12-5-2-3-7-16(12)25-17/h2-9,14,22H,10-11H2,1H3,(H2,20,21,23). The van der Waals surface area contributed by atoms with E-state index in [1.165, 1.54) is 11.3 Å². The number of urea groups is 1. The van der Waals surface area contributed by atoms with Crippen molar-refractivity contribution >= 4 is 27.5 Å². The quantitative estimate of drug-likeness (QED) is 0.633. The first-order chi connectivity index (χ1) is 12.2. The van der Waals surface area contributed by atoms with Gasteiger partial charge in [0, 0.05) is 15.8 Å². The van der Waals surface area contributed by atoms with Gasteiger partial charge in [-0.05, 0) is 29.7 Å². The lowest BCUT2D eigenvalue weighted by molar-refractivity contribution is 0.176. The van der Waals surface area contributed by atoms with E-state index < -0.39 is 6.10 Å². The number of amides is 2. The fourth-order valence-electron chi connectivity index (χ4n) is 2.42. The van der Waals surface area contributed by atoms with Crippen LogP contribution in [0.25, 0.3) is 10.1 Å². The second kappa shape index (κ2) is 7.96. The van der Waals surface area contributed by atoms with Gasteiger partial charge < -0.3 is 20.5 Å². The van der Waals surface area contributed by atoms with Gasteiger partial charge in [0.1, 0.15) is 17.5 Å². The highest BCUT2D eigenvalue weighted by Gasteiger charge is 2.13. The summed E-state index contributed by atoms with van der Waals surface area (Å²) >= 11 is 1.52. The summed E-state index contributed by atoms with van der Waals surface area (Å²) in [5.74, 6) is 0.619. The zero-order valence-corrected chi connectivity index (χ0v) is 14.5. The van der Waals surface area contributed by atoms with Gasteiger partial charge >= 0.3 is 6.03 Å². The molecule has 3 rings (SSSR count). The van der Waals surface area contributed by atoms with Crippen molar-refractivity contribution in [2.45, 2.75) is 12.6 Å². The fourth-order valence-corrected chi connectivity index (χ4v) is 3.48. The Morgan fingerprint density at radius 2 is 2.12 bits per heavy atom. The molecule has 1 atom stereocenters. The van der Waals surface area contributed by atoms with E-state index in [2.05, 4.69) is 15.6 Å². The maximum Gasteiger partial charge on any atom is 0.315 e. The Hall–Kier alpha value is -2.64. The van der Waals surface area contributed by atoms with Crippen LogP contribution in [0.1, 0.15) is 16.7 Å². The highest BCUT2D eigenvalue weighted by molar-refractivity contribution is 7.19. The molecule has 0 fully saturated rings. The van der Waals surface area contributed by atoms with Gasteiger partial charge in [-0.1, -0.05) is 18.2 Å². The summed E-state index contributed by atoms with van der Waals surface area (Å²) < 4.78 is 6.30. The number of benzene rings is 1. The van der Waals surface area contributed by atoms with Gasteiger partial charge in [0.2, 0.25) is 0 Å². The summed E-state index contributed by atoms with van der Waals surface area (Å²) in [4.78, 5) is 16.9. The highest BCUT2D eigenvalue weighted by atomic mass is 32.1. The van der Waals surface area contributed by atoms with Gasteiger partial charge in [-0.3, -0.25) is 4.98 Å². The molecule has 2 amide bonds. The lowest BCUT2D eigenvalue weighted by atomic mass is 10.2. The molecule has 0 aliphatic rings. The highest BCUT2D eigenvalue weighted by Crippen LogP contribution is 2.29. The van der Waals surface area contributed by atoms with Crippen molar-refractivity contribution in [2.24, 2.45) is 0 Å². The number of aliphatic hydroxyl groups is 1. The van der Waals surface area contributed by atoms with Crippen molar-refractivity contribution in [3.63, 3.8) is 0 Å². The first-order valence-electron chi connectivity index (χ1n) is 7.83. The fraction of sp³-hybridized carbons (Fsp3) is 0.222. The molecule has 2 aromatic heterocycles. The molecule has 0 aliphatic heterocycles. The normalized spacial score (nSPS) is 11.9. The summed E-state index contributed by atoms with van der Waals surface area (Å²) in [6, 6.07) is 13.1. The minimum atomic E-state index is -0.743. The number of ether oxygens (including phenoxy) is 1. The molecule has 3 aromatic rings. The molecule has 1 unspecified atom stereocenters. The molecular formula is C18H19N3O3S. The zero-order chi connectivity index (χ0) is 17.6. The van der Waals surface area contributed by atoms with Crippen LogP contribution in [0, 0.1) is 0 Å². The zero-order valence-electron chi connectivity index (χ0n) is 13.7. The Balaban J connectivity index is 1.51. The van der Waals surface area contributed by atoms with Crippen molar-refractivity contribution in [2.75, 3.05) is 13.7 Å². The molecule has 130 valence electrons. The van der Waals surface area contributed by atoms with Crippen molar-refractivity contribution < 1.29 is 14.6 Å². The van der Waals surface area contributed by atoms with E-state index in [-0.39, 0.29) is 19.1 Å². The number of thiophene rings is 1. The number of hydrogen-bond donors (Lipinski definition) is 3. The minimum absolute atomic E-state index is 0.137. The van der Waals surface area contributed by atoms with E-state index in [0.717, 1.165) is 15.0 Å². The summed E-state index contributed by atoms with van der Waals surface area (Å²) in [5, 5.41) is 16.7. The molecule has 7 heteroatoms. The third-order valence-corrected chi connectivity index (χ3v) is 4.93. The van der Waals surface area contributed by atoms with E-state index in [1.807, 2.05) is 30.3 Å². The molecule has 0 saturated carbocycles. The smallest absolute Gasteiger partial charge is 0.315 e. The summed E-state index contributed by atoms with van der Waals surface area (Å²) in [7, 11) is 1.56. The molecule has 1 aromatic carbocycles. The lowest BCUT2D eigenvalue weighted by Crippen LogP contribution is -2.37. The van der Waals surface area contributed by atoms with Crippen LogP contribution in [0.3, 0.4) is 0 Å². The van der Waals surface area contributed by atoms with Crippen LogP contribution in [-0.2, 0) is 6.54 Å². The lowest BCUT2D eigenvalue weighted by Gasteiger charge is -2.12. The Morgan fingerprint density at radius 1 is 1.28 bits per heavy atom. The molecule has 25 heavy (non-hydrogen) atoms. The number of hydrogen-bond acceptors (Lipinski definition) is 5. The van der Waals surface area contributed by atoms with E-state index in [4.69, 9.17) is 4.74 Å². The van der Waals surface area contributed by atoms with Crippen LogP contribution in [0.2, 0.25) is 0 Å². The van der Waals surface area contributed by atoms with Crippen molar-refractivity contribution in [3.05, 3.63) is 59.2 Å². The van der Waals surface area contributed by atoms with Crippen LogP contribution < -0.4 is 15.4 Å². The predicted molar refractivity (Wildman–Crippen MR) is 97.8 cm³/mol. The summed E-state index contributed by atoms with van der Waals surface area (Å²) in [5.41, 5.74) is 0.644. The van der Waals surface area contributed by atoms with Crippen LogP contribution in [0.4, 0.5) is 4.79 Å². The van der Waals surface area contributed by atoms with Crippen molar-refractivity contribution in [1.82, 2.24) is 15.6 Å². The maximum absolute atomic E-state index is 11.9. The van der Waals surface area contributed by atoms with Crippen LogP contribution >= 0.6 is 11.3 Å². The number of pyridine rings is 1. The average Bonchev–Trinajstić information content (AvgIpc) is 3.09. The Labute approximate surface area is 149 Å². The van der Waals surface area contributed by atoms with Gasteiger partial charge in [-0.15, -0.1) is 11.3 Å². The number of carbonyl (C=O) groups is 1. The molecule has 3 N–H and O–H groups in total. The maximum atomic E-state index is 11.9. The molecule has 0 aliphatic carbocycles. The van der Waals surface area contributed by atoms with Gasteiger partial charge in [0.25, 0.3) is 0 Å². The third kappa shape index (κ3) is 4.26. The number of aromatic nitrogens is 1. The molecule has 0 spiro atoms. The molecule has 0 bridgehead atoms. The van der Waals surface area contributed by atoms with E-state index in [0.29, 0.717) is 11.4 Å². The first kappa shape index (κ1) is 17.2. The van der Waals surface area contributed by atoms with Gasteiger partial charge in [-0.25, -0.2) is 4.79 Å². The van der Waals surface area contributed by atoms with Crippen LogP contribution in [0.5, 0.6) is 5.75 Å².